The Morgan fingerprint density at radius 2 is 1.41 bits per heavy atom. The Morgan fingerprint density at radius 1 is 0.862 bits per heavy atom. The molecule has 0 spiro atoms. The fourth-order valence-electron chi connectivity index (χ4n) is 2.91. The fourth-order valence-corrected chi connectivity index (χ4v) is 4.36. The van der Waals surface area contributed by atoms with Gasteiger partial charge < -0.3 is 0 Å². The van der Waals surface area contributed by atoms with Crippen LogP contribution in [-0.4, -0.2) is 11.9 Å². The number of hydrogen-bond donors (Lipinski definition) is 0. The maximum absolute atomic E-state index is 13.4. The topological polar surface area (TPSA) is 34.1 Å². The minimum absolute atomic E-state index is 0.0336. The lowest BCUT2D eigenvalue weighted by molar-refractivity contribution is -0.143. The number of rotatable bonds is 7. The molecule has 0 saturated heterocycles. The van der Waals surface area contributed by atoms with E-state index in [0.29, 0.717) is 24.6 Å². The summed E-state index contributed by atoms with van der Waals surface area (Å²) < 4.78 is 92.9. The standard InChI is InChI=1S/C20H18F6O2P/c1-2-3-6-12-29(28)16-11-5-4-8-13(16)18(27)17-14(19(21,22)23)9-7-10-15(17)20(24,25)26/h4-5,7-11H,2-3,6,12H2,1H3/q+1. The summed E-state index contributed by atoms with van der Waals surface area (Å²) in [5.41, 5.74) is -5.23. The smallest absolute Gasteiger partial charge is 0.288 e. The van der Waals surface area contributed by atoms with Gasteiger partial charge in [0, 0.05) is 5.56 Å². The zero-order valence-corrected chi connectivity index (χ0v) is 16.3. The average Bonchev–Trinajstić information content (AvgIpc) is 2.65. The molecule has 0 saturated carbocycles. The Balaban J connectivity index is 2.63. The van der Waals surface area contributed by atoms with Gasteiger partial charge in [-0.15, -0.1) is 0 Å². The van der Waals surface area contributed by atoms with Crippen LogP contribution in [0.3, 0.4) is 0 Å². The number of carbonyl (C=O) groups excluding carboxylic acids is 1. The molecule has 0 amide bonds. The molecule has 9 heteroatoms. The lowest BCUT2D eigenvalue weighted by atomic mass is 9.92. The van der Waals surface area contributed by atoms with Crippen molar-refractivity contribution in [3.05, 3.63) is 64.7 Å². The first kappa shape index (κ1) is 23.1. The highest BCUT2D eigenvalue weighted by Gasteiger charge is 2.43. The van der Waals surface area contributed by atoms with E-state index >= 15 is 0 Å². The largest absolute Gasteiger partial charge is 0.417 e. The third kappa shape index (κ3) is 5.44. The fraction of sp³-hybridized carbons (Fsp3) is 0.350. The molecule has 156 valence electrons. The van der Waals surface area contributed by atoms with Gasteiger partial charge in [0.1, 0.15) is 0 Å². The van der Waals surface area contributed by atoms with Gasteiger partial charge in [-0.3, -0.25) is 4.79 Å². The number of hydrogen-bond acceptors (Lipinski definition) is 2. The second-order valence-corrected chi connectivity index (χ2v) is 8.07. The van der Waals surface area contributed by atoms with Gasteiger partial charge in [0.05, 0.1) is 16.7 Å². The van der Waals surface area contributed by atoms with E-state index in [0.717, 1.165) is 18.9 Å². The molecule has 0 heterocycles. The Hall–Kier alpha value is -2.21. The molecular weight excluding hydrogens is 417 g/mol. The Labute approximate surface area is 164 Å². The van der Waals surface area contributed by atoms with Crippen molar-refractivity contribution in [3.8, 4) is 0 Å². The summed E-state index contributed by atoms with van der Waals surface area (Å²) >= 11 is 0. The van der Waals surface area contributed by atoms with Crippen molar-refractivity contribution in [1.82, 2.24) is 0 Å². The first-order valence-corrected chi connectivity index (χ1v) is 10.3. The van der Waals surface area contributed by atoms with E-state index in [9.17, 15) is 35.7 Å². The summed E-state index contributed by atoms with van der Waals surface area (Å²) in [7, 11) is -2.14. The Morgan fingerprint density at radius 3 is 1.93 bits per heavy atom. The second kappa shape index (κ2) is 9.08. The summed E-state index contributed by atoms with van der Waals surface area (Å²) in [5, 5.41) is -0.0336. The minimum Gasteiger partial charge on any atom is -0.288 e. The maximum atomic E-state index is 13.4. The highest BCUT2D eigenvalue weighted by molar-refractivity contribution is 7.53. The summed E-state index contributed by atoms with van der Waals surface area (Å²) in [6.07, 6.45) is -7.94. The predicted molar refractivity (Wildman–Crippen MR) is 98.0 cm³/mol. The van der Waals surface area contributed by atoms with Gasteiger partial charge in [0.15, 0.2) is 11.9 Å². The van der Waals surface area contributed by atoms with Crippen molar-refractivity contribution in [1.29, 1.82) is 0 Å². The van der Waals surface area contributed by atoms with Crippen LogP contribution >= 0.6 is 7.80 Å². The number of unbranched alkanes of at least 4 members (excludes halogenated alkanes) is 2. The molecule has 29 heavy (non-hydrogen) atoms. The van der Waals surface area contributed by atoms with Crippen LogP contribution in [0.1, 0.15) is 53.2 Å². The normalized spacial score (nSPS) is 12.7. The Bertz CT molecular complexity index is 870. The van der Waals surface area contributed by atoms with Crippen molar-refractivity contribution >= 4 is 18.9 Å². The monoisotopic (exact) mass is 435 g/mol. The van der Waals surface area contributed by atoms with E-state index in [-0.39, 0.29) is 11.5 Å². The van der Waals surface area contributed by atoms with E-state index in [1.165, 1.54) is 18.2 Å². The summed E-state index contributed by atoms with van der Waals surface area (Å²) in [6, 6.07) is 6.66. The average molecular weight is 435 g/mol. The van der Waals surface area contributed by atoms with Crippen LogP contribution in [0.4, 0.5) is 26.3 Å². The van der Waals surface area contributed by atoms with Crippen LogP contribution in [0, 0.1) is 0 Å². The maximum Gasteiger partial charge on any atom is 0.417 e. The molecular formula is C20H18F6O2P+. The minimum atomic E-state index is -5.16. The molecule has 2 rings (SSSR count). The van der Waals surface area contributed by atoms with E-state index < -0.39 is 48.2 Å². The van der Waals surface area contributed by atoms with E-state index in [1.54, 1.807) is 0 Å². The molecule has 0 aliphatic rings. The number of ketones is 1. The molecule has 0 N–H and O–H groups in total. The van der Waals surface area contributed by atoms with Crippen molar-refractivity contribution in [3.63, 3.8) is 0 Å². The molecule has 0 aliphatic carbocycles. The van der Waals surface area contributed by atoms with Gasteiger partial charge in [0.2, 0.25) is 5.30 Å². The van der Waals surface area contributed by atoms with Crippen molar-refractivity contribution in [2.75, 3.05) is 6.16 Å². The first-order chi connectivity index (χ1) is 13.5. The third-order valence-electron chi connectivity index (χ3n) is 4.28. The molecule has 2 aromatic rings. The molecule has 0 radical (unpaired) electrons. The number of carbonyl (C=O) groups is 1. The molecule has 0 aliphatic heterocycles. The van der Waals surface area contributed by atoms with Crippen LogP contribution in [0.15, 0.2) is 42.5 Å². The van der Waals surface area contributed by atoms with Crippen molar-refractivity contribution in [2.45, 2.75) is 38.5 Å². The van der Waals surface area contributed by atoms with Gasteiger partial charge in [-0.1, -0.05) is 36.1 Å². The lowest BCUT2D eigenvalue weighted by Crippen LogP contribution is -2.23. The molecule has 0 aromatic heterocycles. The Kier molecular flexibility index (Phi) is 7.22. The molecule has 2 nitrogen and oxygen atoms in total. The van der Waals surface area contributed by atoms with Crippen LogP contribution in [0.2, 0.25) is 0 Å². The highest BCUT2D eigenvalue weighted by Crippen LogP contribution is 2.40. The van der Waals surface area contributed by atoms with E-state index in [2.05, 4.69) is 0 Å². The van der Waals surface area contributed by atoms with E-state index in [1.807, 2.05) is 6.92 Å². The van der Waals surface area contributed by atoms with E-state index in [4.69, 9.17) is 0 Å². The first-order valence-electron chi connectivity index (χ1n) is 8.84. The zero-order chi connectivity index (χ0) is 21.8. The van der Waals surface area contributed by atoms with Gasteiger partial charge in [-0.2, -0.15) is 26.3 Å². The second-order valence-electron chi connectivity index (χ2n) is 6.38. The van der Waals surface area contributed by atoms with Crippen molar-refractivity contribution in [2.24, 2.45) is 0 Å². The number of benzene rings is 2. The quantitative estimate of drug-likeness (QED) is 0.213. The van der Waals surface area contributed by atoms with Crippen molar-refractivity contribution < 1.29 is 35.7 Å². The summed E-state index contributed by atoms with van der Waals surface area (Å²) in [4.78, 5) is 12.9. The molecule has 0 bridgehead atoms. The number of halogens is 6. The summed E-state index contributed by atoms with van der Waals surface area (Å²) in [5.74, 6) is -1.44. The SMILES string of the molecule is CCCCC[P+](=O)c1ccccc1C(=O)c1c(C(F)(F)F)cccc1C(F)(F)F. The van der Waals surface area contributed by atoms with Crippen LogP contribution < -0.4 is 5.30 Å². The third-order valence-corrected chi connectivity index (χ3v) is 5.93. The van der Waals surface area contributed by atoms with Gasteiger partial charge >= 0.3 is 20.2 Å². The van der Waals surface area contributed by atoms with Gasteiger partial charge in [-0.05, 0) is 37.1 Å². The number of alkyl halides is 6. The predicted octanol–water partition coefficient (Wildman–Crippen LogP) is 6.60. The highest BCUT2D eigenvalue weighted by atomic mass is 31.1. The molecule has 0 fully saturated rings. The molecule has 2 aromatic carbocycles. The van der Waals surface area contributed by atoms with Gasteiger partial charge in [0.25, 0.3) is 0 Å². The van der Waals surface area contributed by atoms with Crippen LogP contribution in [0.5, 0.6) is 0 Å². The lowest BCUT2D eigenvalue weighted by Gasteiger charge is -2.17. The van der Waals surface area contributed by atoms with Crippen LogP contribution in [0.25, 0.3) is 0 Å². The molecule has 1 unspecified atom stereocenters. The van der Waals surface area contributed by atoms with Crippen LogP contribution in [-0.2, 0) is 16.9 Å². The van der Waals surface area contributed by atoms with Gasteiger partial charge in [-0.25, -0.2) is 0 Å². The summed E-state index contributed by atoms with van der Waals surface area (Å²) in [6.45, 7) is 1.93. The molecule has 1 atom stereocenters. The zero-order valence-electron chi connectivity index (χ0n) is 15.4.